The fourth-order valence-corrected chi connectivity index (χ4v) is 0.562. The first-order valence-corrected chi connectivity index (χ1v) is 3.50. The van der Waals surface area contributed by atoms with Crippen molar-refractivity contribution < 1.29 is 16.9 Å². The molecular weight excluding hydrogens is 169 g/mol. The summed E-state index contributed by atoms with van der Waals surface area (Å²) >= 11 is 5.94. The minimum absolute atomic E-state index is 0. The number of hydrogen-bond acceptors (Lipinski definition) is 0. The van der Waals surface area contributed by atoms with E-state index in [2.05, 4.69) is 21.1 Å². The van der Waals surface area contributed by atoms with Crippen LogP contribution in [-0.4, -0.2) is 31.1 Å². The summed E-state index contributed by atoms with van der Waals surface area (Å²) in [6.45, 7) is 1.98. The van der Waals surface area contributed by atoms with Crippen LogP contribution >= 0.6 is 11.6 Å². The molecule has 3 heteroatoms. The van der Waals surface area contributed by atoms with E-state index in [9.17, 15) is 0 Å². The van der Waals surface area contributed by atoms with E-state index in [0.29, 0.717) is 0 Å². The van der Waals surface area contributed by atoms with E-state index in [1.807, 2.05) is 19.1 Å². The highest BCUT2D eigenvalue weighted by molar-refractivity contribution is 6.20. The Morgan fingerprint density at radius 1 is 1.30 bits per heavy atom. The number of quaternary nitrogens is 1. The molecule has 62 valence electrons. The molecule has 1 unspecified atom stereocenters. The van der Waals surface area contributed by atoms with Crippen LogP contribution in [0.5, 0.6) is 0 Å². The number of allylic oxidation sites excluding steroid dienone is 1. The average molecular weight is 184 g/mol. The number of rotatable bonds is 2. The summed E-state index contributed by atoms with van der Waals surface area (Å²) in [5.74, 6) is 0. The zero-order valence-electron chi connectivity index (χ0n) is 6.94. The molecule has 0 N–H and O–H groups in total. The minimum Gasteiger partial charge on any atom is -1.00 e. The molecule has 0 radical (unpaired) electrons. The molecule has 0 spiro atoms. The van der Waals surface area contributed by atoms with Gasteiger partial charge >= 0.3 is 0 Å². The maximum atomic E-state index is 5.94. The molecule has 0 saturated heterocycles. The molecule has 0 saturated carbocycles. The van der Waals surface area contributed by atoms with Crippen LogP contribution < -0.4 is 12.4 Å². The van der Waals surface area contributed by atoms with Gasteiger partial charge in [-0.05, 0) is 13.0 Å². The second kappa shape index (κ2) is 5.00. The summed E-state index contributed by atoms with van der Waals surface area (Å²) in [7, 11) is 6.20. The van der Waals surface area contributed by atoms with Crippen LogP contribution in [0, 0.1) is 0 Å². The van der Waals surface area contributed by atoms with Gasteiger partial charge in [-0.3, -0.25) is 0 Å². The normalized spacial score (nSPS) is 14.9. The van der Waals surface area contributed by atoms with E-state index in [0.717, 1.165) is 4.48 Å². The van der Waals surface area contributed by atoms with Crippen LogP contribution in [0.15, 0.2) is 12.2 Å². The zero-order valence-corrected chi connectivity index (χ0v) is 8.45. The Balaban J connectivity index is 0. The molecule has 0 aromatic carbocycles. The molecule has 0 aliphatic carbocycles. The van der Waals surface area contributed by atoms with Crippen LogP contribution in [0.1, 0.15) is 6.92 Å². The molecule has 0 aliphatic rings. The number of alkyl halides is 1. The Morgan fingerprint density at radius 3 is 1.80 bits per heavy atom. The Labute approximate surface area is 74.7 Å². The largest absolute Gasteiger partial charge is 1.00 e. The third-order valence-electron chi connectivity index (χ3n) is 1.09. The van der Waals surface area contributed by atoms with Crippen molar-refractivity contribution in [1.29, 1.82) is 0 Å². The second-order valence-electron chi connectivity index (χ2n) is 3.01. The first kappa shape index (κ1) is 12.9. The fourth-order valence-electron chi connectivity index (χ4n) is 0.417. The van der Waals surface area contributed by atoms with E-state index in [-0.39, 0.29) is 17.9 Å². The van der Waals surface area contributed by atoms with Gasteiger partial charge in [0.1, 0.15) is 0 Å². The van der Waals surface area contributed by atoms with Crippen molar-refractivity contribution in [1.82, 2.24) is 0 Å². The third-order valence-corrected chi connectivity index (χ3v) is 1.82. The fraction of sp³-hybridized carbons (Fsp3) is 0.714. The number of likely N-dealkylation sites (N-methyl/N-ethyl adjacent to an activating group) is 1. The van der Waals surface area contributed by atoms with Crippen LogP contribution in [-0.2, 0) is 0 Å². The maximum Gasteiger partial charge on any atom is 0.183 e. The standard InChI is InChI=1S/C7H15ClN.ClH/c1-5-6-7(8)9(2,3)4;/h5-7H,1-4H3;1H/q+1;/p-1. The lowest BCUT2D eigenvalue weighted by atomic mass is 10.4. The second-order valence-corrected chi connectivity index (χ2v) is 3.46. The van der Waals surface area contributed by atoms with Gasteiger partial charge in [0.2, 0.25) is 0 Å². The molecule has 1 nitrogen and oxygen atoms in total. The molecule has 0 aliphatic heterocycles. The van der Waals surface area contributed by atoms with Crippen LogP contribution in [0.3, 0.4) is 0 Å². The van der Waals surface area contributed by atoms with Crippen molar-refractivity contribution in [2.45, 2.75) is 12.4 Å². The van der Waals surface area contributed by atoms with Crippen molar-refractivity contribution in [3.05, 3.63) is 12.2 Å². The molecule has 0 amide bonds. The summed E-state index contributed by atoms with van der Waals surface area (Å²) in [6, 6.07) is 0. The van der Waals surface area contributed by atoms with E-state index in [1.165, 1.54) is 0 Å². The molecule has 1 atom stereocenters. The summed E-state index contributed by atoms with van der Waals surface area (Å²) in [5, 5.41) is 0. The first-order valence-electron chi connectivity index (χ1n) is 3.06. The summed E-state index contributed by atoms with van der Waals surface area (Å²) < 4.78 is 0.770. The molecule has 0 aromatic heterocycles. The van der Waals surface area contributed by atoms with Crippen molar-refractivity contribution in [3.63, 3.8) is 0 Å². The van der Waals surface area contributed by atoms with Crippen LogP contribution in [0.4, 0.5) is 0 Å². The van der Waals surface area contributed by atoms with Crippen LogP contribution in [0.2, 0.25) is 0 Å². The van der Waals surface area contributed by atoms with Crippen LogP contribution in [0.25, 0.3) is 0 Å². The Morgan fingerprint density at radius 2 is 1.70 bits per heavy atom. The highest BCUT2D eigenvalue weighted by Crippen LogP contribution is 2.08. The minimum atomic E-state index is 0. The Bertz CT molecular complexity index is 105. The van der Waals surface area contributed by atoms with Gasteiger partial charge in [-0.1, -0.05) is 17.7 Å². The number of halogens is 2. The third kappa shape index (κ3) is 5.10. The predicted octanol–water partition coefficient (Wildman–Crippen LogP) is -1.16. The van der Waals surface area contributed by atoms with E-state index >= 15 is 0 Å². The number of hydrogen-bond donors (Lipinski definition) is 0. The van der Waals surface area contributed by atoms with Gasteiger partial charge in [-0.2, -0.15) is 0 Å². The SMILES string of the molecule is CC=CC(Cl)[N+](C)(C)C.[Cl-]. The molecular formula is C7H15Cl2N. The first-order chi connectivity index (χ1) is 3.98. The van der Waals surface area contributed by atoms with Gasteiger partial charge in [0.15, 0.2) is 5.50 Å². The van der Waals surface area contributed by atoms with E-state index in [1.54, 1.807) is 0 Å². The Kier molecular flexibility index (Phi) is 6.46. The van der Waals surface area contributed by atoms with Gasteiger partial charge < -0.3 is 16.9 Å². The van der Waals surface area contributed by atoms with Crippen molar-refractivity contribution in [2.75, 3.05) is 21.1 Å². The Hall–Kier alpha value is 0.280. The summed E-state index contributed by atoms with van der Waals surface area (Å²) in [6.07, 6.45) is 3.96. The van der Waals surface area contributed by atoms with E-state index < -0.39 is 0 Å². The van der Waals surface area contributed by atoms with Crippen molar-refractivity contribution in [3.8, 4) is 0 Å². The lowest BCUT2D eigenvalue weighted by Gasteiger charge is -2.27. The summed E-state index contributed by atoms with van der Waals surface area (Å²) in [5.41, 5.74) is 0.0926. The zero-order chi connectivity index (χ0) is 7.49. The van der Waals surface area contributed by atoms with Gasteiger partial charge in [0.05, 0.1) is 21.1 Å². The maximum absolute atomic E-state index is 5.94. The van der Waals surface area contributed by atoms with Crippen molar-refractivity contribution >= 4 is 11.6 Å². The van der Waals surface area contributed by atoms with Crippen molar-refractivity contribution in [2.24, 2.45) is 0 Å². The molecule has 0 heterocycles. The molecule has 0 fully saturated rings. The summed E-state index contributed by atoms with van der Waals surface area (Å²) in [4.78, 5) is 0. The topological polar surface area (TPSA) is 0 Å². The molecule has 0 rings (SSSR count). The predicted molar refractivity (Wildman–Crippen MR) is 42.5 cm³/mol. The lowest BCUT2D eigenvalue weighted by molar-refractivity contribution is -0.876. The van der Waals surface area contributed by atoms with Gasteiger partial charge in [-0.15, -0.1) is 0 Å². The van der Waals surface area contributed by atoms with Gasteiger partial charge in [-0.25, -0.2) is 0 Å². The highest BCUT2D eigenvalue weighted by Gasteiger charge is 2.15. The smallest absolute Gasteiger partial charge is 0.183 e. The van der Waals surface area contributed by atoms with E-state index in [4.69, 9.17) is 11.6 Å². The quantitative estimate of drug-likeness (QED) is 0.220. The molecule has 0 aromatic rings. The molecule has 0 bridgehead atoms. The monoisotopic (exact) mass is 183 g/mol. The van der Waals surface area contributed by atoms with Gasteiger partial charge in [0.25, 0.3) is 0 Å². The number of nitrogens with zero attached hydrogens (tertiary/aromatic N) is 1. The molecule has 10 heavy (non-hydrogen) atoms. The average Bonchev–Trinajstić information content (AvgIpc) is 1.64. The van der Waals surface area contributed by atoms with Gasteiger partial charge in [0, 0.05) is 0 Å². The highest BCUT2D eigenvalue weighted by atomic mass is 35.5. The lowest BCUT2D eigenvalue weighted by Crippen LogP contribution is -3.00.